The smallest absolute Gasteiger partial charge is 0.0470 e. The Balaban J connectivity index is 3.10. The van der Waals surface area contributed by atoms with Crippen molar-refractivity contribution in [3.8, 4) is 0 Å². The van der Waals surface area contributed by atoms with Crippen LogP contribution in [0.5, 0.6) is 0 Å². The maximum atomic E-state index is 8.93. The lowest BCUT2D eigenvalue weighted by Gasteiger charge is -2.16. The Labute approximate surface area is 101 Å². The van der Waals surface area contributed by atoms with Crippen LogP contribution >= 0.6 is 8.58 Å². The van der Waals surface area contributed by atoms with E-state index in [-0.39, 0.29) is 0 Å². The lowest BCUT2D eigenvalue weighted by atomic mass is 9.96. The van der Waals surface area contributed by atoms with Crippen LogP contribution in [-0.4, -0.2) is 17.9 Å². The molecule has 1 unspecified atom stereocenters. The second-order valence-corrected chi connectivity index (χ2v) is 5.33. The van der Waals surface area contributed by atoms with Crippen molar-refractivity contribution < 1.29 is 5.11 Å². The van der Waals surface area contributed by atoms with Crippen molar-refractivity contribution in [1.82, 2.24) is 0 Å². The van der Waals surface area contributed by atoms with E-state index >= 15 is 0 Å². The third kappa shape index (κ3) is 3.06. The molecule has 1 aromatic rings. The molecule has 1 N–H and O–H groups in total. The summed E-state index contributed by atoms with van der Waals surface area (Å²) in [5, 5.41) is 10.4. The van der Waals surface area contributed by atoms with E-state index in [4.69, 9.17) is 5.11 Å². The zero-order valence-corrected chi connectivity index (χ0v) is 11.6. The highest BCUT2D eigenvalue weighted by Gasteiger charge is 2.09. The first kappa shape index (κ1) is 13.7. The van der Waals surface area contributed by atoms with E-state index in [1.807, 2.05) is 0 Å². The maximum absolute atomic E-state index is 8.93. The minimum absolute atomic E-state index is 0.304. The topological polar surface area (TPSA) is 20.2 Å². The van der Waals surface area contributed by atoms with Gasteiger partial charge in [0.05, 0.1) is 0 Å². The second-order valence-electron chi connectivity index (χ2n) is 3.94. The molecule has 0 aliphatic carbocycles. The molecule has 0 saturated heterocycles. The molecule has 2 heteroatoms. The average molecular weight is 238 g/mol. The molecule has 0 saturated carbocycles. The van der Waals surface area contributed by atoms with Crippen molar-refractivity contribution >= 4 is 13.9 Å². The van der Waals surface area contributed by atoms with Crippen LogP contribution in [0.25, 0.3) is 0 Å². The predicted molar refractivity (Wildman–Crippen MR) is 74.5 cm³/mol. The third-order valence-electron chi connectivity index (χ3n) is 3.04. The number of rotatable bonds is 6. The fourth-order valence-electron chi connectivity index (χ4n) is 2.27. The van der Waals surface area contributed by atoms with Crippen molar-refractivity contribution in [2.75, 3.05) is 12.8 Å². The summed E-state index contributed by atoms with van der Waals surface area (Å²) in [6.07, 6.45) is 4.27. The molecular weight excluding hydrogens is 215 g/mol. The molecule has 0 aromatic heterocycles. The lowest BCUT2D eigenvalue weighted by Crippen LogP contribution is -2.11. The Morgan fingerprint density at radius 3 is 2.19 bits per heavy atom. The van der Waals surface area contributed by atoms with Crippen LogP contribution in [-0.2, 0) is 19.3 Å². The van der Waals surface area contributed by atoms with Crippen LogP contribution in [0.1, 0.15) is 37.5 Å². The van der Waals surface area contributed by atoms with Gasteiger partial charge in [0.25, 0.3) is 0 Å². The summed E-state index contributed by atoms with van der Waals surface area (Å²) in [5.41, 5.74) is 4.58. The van der Waals surface area contributed by atoms with Gasteiger partial charge >= 0.3 is 0 Å². The molecular formula is C14H23OP. The van der Waals surface area contributed by atoms with E-state index in [0.717, 1.165) is 34.0 Å². The maximum Gasteiger partial charge on any atom is 0.0470 e. The zero-order valence-electron chi connectivity index (χ0n) is 10.6. The first-order valence-corrected chi connectivity index (χ1v) is 7.47. The van der Waals surface area contributed by atoms with E-state index in [0.29, 0.717) is 6.61 Å². The quantitative estimate of drug-likeness (QED) is 0.755. The van der Waals surface area contributed by atoms with Gasteiger partial charge in [-0.05, 0) is 47.4 Å². The summed E-state index contributed by atoms with van der Waals surface area (Å²) in [7, 11) is 0.757. The van der Waals surface area contributed by atoms with Crippen LogP contribution in [0, 0.1) is 0 Å². The lowest BCUT2D eigenvalue weighted by molar-refractivity contribution is 0.322. The molecule has 1 nitrogen and oxygen atoms in total. The highest BCUT2D eigenvalue weighted by Crippen LogP contribution is 2.21. The number of hydrogen-bond donors (Lipinski definition) is 1. The molecule has 16 heavy (non-hydrogen) atoms. The number of aliphatic hydroxyl groups excluding tert-OH is 1. The van der Waals surface area contributed by atoms with Gasteiger partial charge in [-0.15, -0.1) is 0 Å². The molecule has 1 rings (SSSR count). The van der Waals surface area contributed by atoms with Gasteiger partial charge < -0.3 is 5.11 Å². The first-order valence-electron chi connectivity index (χ1n) is 6.26. The third-order valence-corrected chi connectivity index (χ3v) is 4.37. The molecule has 0 spiro atoms. The van der Waals surface area contributed by atoms with Crippen molar-refractivity contribution in [2.45, 2.75) is 40.0 Å². The summed E-state index contributed by atoms with van der Waals surface area (Å²) < 4.78 is 0. The standard InChI is InChI=1S/C14H23OP/c1-4-11-7-8-14(16-10-9-15)13(6-3)12(11)5-2/h7-8,15-16H,4-6,9-10H2,1-3H3. The average Bonchev–Trinajstić information content (AvgIpc) is 2.34. The fraction of sp³-hybridized carbons (Fsp3) is 0.571. The van der Waals surface area contributed by atoms with Gasteiger partial charge in [-0.25, -0.2) is 0 Å². The molecule has 0 aliphatic rings. The molecule has 0 fully saturated rings. The van der Waals surface area contributed by atoms with Gasteiger partial charge in [-0.1, -0.05) is 41.5 Å². The molecule has 0 bridgehead atoms. The molecule has 0 radical (unpaired) electrons. The van der Waals surface area contributed by atoms with Crippen molar-refractivity contribution in [3.05, 3.63) is 28.8 Å². The fourth-order valence-corrected chi connectivity index (χ4v) is 3.40. The molecule has 1 atom stereocenters. The molecule has 0 heterocycles. The van der Waals surface area contributed by atoms with Crippen molar-refractivity contribution in [2.24, 2.45) is 0 Å². The molecule has 1 aromatic carbocycles. The summed E-state index contributed by atoms with van der Waals surface area (Å²) in [6, 6.07) is 4.54. The summed E-state index contributed by atoms with van der Waals surface area (Å²) in [6.45, 7) is 7.01. The first-order chi connectivity index (χ1) is 7.78. The van der Waals surface area contributed by atoms with E-state index in [1.165, 1.54) is 16.4 Å². The number of hydrogen-bond acceptors (Lipinski definition) is 1. The minimum atomic E-state index is 0.304. The minimum Gasteiger partial charge on any atom is -0.396 e. The summed E-state index contributed by atoms with van der Waals surface area (Å²) in [4.78, 5) is 0. The summed E-state index contributed by atoms with van der Waals surface area (Å²) in [5.74, 6) is 0. The largest absolute Gasteiger partial charge is 0.396 e. The predicted octanol–water partition coefficient (Wildman–Crippen LogP) is 2.67. The highest BCUT2D eigenvalue weighted by atomic mass is 31.1. The van der Waals surface area contributed by atoms with E-state index < -0.39 is 0 Å². The Bertz CT molecular complexity index is 334. The molecule has 90 valence electrons. The van der Waals surface area contributed by atoms with Crippen LogP contribution in [0.2, 0.25) is 0 Å². The number of benzene rings is 1. The Hall–Kier alpha value is -0.390. The van der Waals surface area contributed by atoms with Crippen molar-refractivity contribution in [1.29, 1.82) is 0 Å². The van der Waals surface area contributed by atoms with Gasteiger partial charge in [0.1, 0.15) is 0 Å². The van der Waals surface area contributed by atoms with Gasteiger partial charge in [0.2, 0.25) is 0 Å². The van der Waals surface area contributed by atoms with Gasteiger partial charge in [-0.3, -0.25) is 0 Å². The van der Waals surface area contributed by atoms with Crippen LogP contribution in [0.3, 0.4) is 0 Å². The van der Waals surface area contributed by atoms with Crippen molar-refractivity contribution in [3.63, 3.8) is 0 Å². The second kappa shape index (κ2) is 7.04. The van der Waals surface area contributed by atoms with Crippen LogP contribution in [0.4, 0.5) is 0 Å². The number of aryl methyl sites for hydroxylation is 1. The Kier molecular flexibility index (Phi) is 6.01. The normalized spacial score (nSPS) is 11.5. The summed E-state index contributed by atoms with van der Waals surface area (Å²) >= 11 is 0. The SMILES string of the molecule is CCc1ccc(PCCO)c(CC)c1CC. The van der Waals surface area contributed by atoms with Crippen LogP contribution < -0.4 is 5.30 Å². The van der Waals surface area contributed by atoms with Gasteiger partial charge in [0.15, 0.2) is 0 Å². The molecule has 0 amide bonds. The van der Waals surface area contributed by atoms with E-state index in [2.05, 4.69) is 32.9 Å². The Morgan fingerprint density at radius 1 is 1.00 bits per heavy atom. The highest BCUT2D eigenvalue weighted by molar-refractivity contribution is 7.47. The van der Waals surface area contributed by atoms with E-state index in [9.17, 15) is 0 Å². The zero-order chi connectivity index (χ0) is 12.0. The monoisotopic (exact) mass is 238 g/mol. The number of aliphatic hydroxyl groups is 1. The van der Waals surface area contributed by atoms with E-state index in [1.54, 1.807) is 5.56 Å². The van der Waals surface area contributed by atoms with Gasteiger partial charge in [-0.2, -0.15) is 0 Å². The van der Waals surface area contributed by atoms with Crippen LogP contribution in [0.15, 0.2) is 12.1 Å². The Morgan fingerprint density at radius 2 is 1.69 bits per heavy atom. The van der Waals surface area contributed by atoms with Gasteiger partial charge in [0, 0.05) is 6.61 Å². The molecule has 0 aliphatic heterocycles.